The average Bonchev–Trinajstić information content (AvgIpc) is 2.75. The molecule has 1 atom stereocenters. The Morgan fingerprint density at radius 3 is 2.86 bits per heavy atom. The molecule has 0 bridgehead atoms. The summed E-state index contributed by atoms with van der Waals surface area (Å²) in [4.78, 5) is 10.8. The maximum absolute atomic E-state index is 6.09. The molecule has 0 aromatic carbocycles. The number of hydrogen-bond acceptors (Lipinski definition) is 5. The van der Waals surface area contributed by atoms with E-state index in [0.717, 1.165) is 51.5 Å². The molecule has 3 rings (SSSR count). The number of aliphatic imine (C=N–C) groups is 1. The largest absolute Gasteiger partial charge is 0.475 e. The first-order valence-corrected chi connectivity index (χ1v) is 10.6. The lowest BCUT2D eigenvalue weighted by atomic mass is 10.1. The Hall–Kier alpha value is -0.840. The summed E-state index contributed by atoms with van der Waals surface area (Å²) >= 11 is 6.04. The third-order valence-corrected chi connectivity index (χ3v) is 5.38. The summed E-state index contributed by atoms with van der Waals surface area (Å²) < 4.78 is 17.5. The topological polar surface area (TPSA) is 68.2 Å². The first kappa shape index (κ1) is 24.4. The molecule has 1 aromatic heterocycles. The molecule has 3 heterocycles. The zero-order chi connectivity index (χ0) is 19.6. The minimum Gasteiger partial charge on any atom is -0.475 e. The average molecular weight is 539 g/mol. The molecule has 0 spiro atoms. The van der Waals surface area contributed by atoms with Crippen molar-refractivity contribution in [3.05, 3.63) is 23.4 Å². The molecular weight excluding hydrogens is 507 g/mol. The van der Waals surface area contributed by atoms with Gasteiger partial charge in [-0.15, -0.1) is 24.0 Å². The van der Waals surface area contributed by atoms with Gasteiger partial charge in [-0.3, -0.25) is 4.99 Å². The van der Waals surface area contributed by atoms with Gasteiger partial charge in [0, 0.05) is 32.9 Å². The SMILES string of the molecule is CN=C(NCCOc1ncccc1Cl)N1CCC(OCC2CCCCO2)CC1.I. The number of hydrogen-bond donors (Lipinski definition) is 1. The number of halogens is 2. The van der Waals surface area contributed by atoms with Crippen molar-refractivity contribution in [2.45, 2.75) is 44.3 Å². The summed E-state index contributed by atoms with van der Waals surface area (Å²) in [5.41, 5.74) is 0. The Morgan fingerprint density at radius 2 is 2.17 bits per heavy atom. The molecule has 1 aromatic rings. The van der Waals surface area contributed by atoms with Gasteiger partial charge >= 0.3 is 0 Å². The van der Waals surface area contributed by atoms with Crippen LogP contribution in [0, 0.1) is 0 Å². The number of likely N-dealkylation sites (tertiary alicyclic amines) is 1. The molecule has 1 unspecified atom stereocenters. The highest BCUT2D eigenvalue weighted by molar-refractivity contribution is 14.0. The zero-order valence-corrected chi connectivity index (χ0v) is 20.1. The second-order valence-corrected chi connectivity index (χ2v) is 7.53. The maximum Gasteiger partial charge on any atom is 0.232 e. The van der Waals surface area contributed by atoms with Crippen LogP contribution in [0.25, 0.3) is 0 Å². The van der Waals surface area contributed by atoms with Gasteiger partial charge in [-0.1, -0.05) is 11.6 Å². The van der Waals surface area contributed by atoms with E-state index in [0.29, 0.717) is 30.2 Å². The smallest absolute Gasteiger partial charge is 0.232 e. The number of piperidine rings is 1. The van der Waals surface area contributed by atoms with Crippen LogP contribution in [0.3, 0.4) is 0 Å². The van der Waals surface area contributed by atoms with Crippen molar-refractivity contribution in [1.29, 1.82) is 0 Å². The van der Waals surface area contributed by atoms with Gasteiger partial charge in [0.05, 0.1) is 25.4 Å². The highest BCUT2D eigenvalue weighted by atomic mass is 127. The molecule has 0 aliphatic carbocycles. The Balaban J connectivity index is 0.00000300. The van der Waals surface area contributed by atoms with Gasteiger partial charge in [-0.2, -0.15) is 0 Å². The van der Waals surface area contributed by atoms with Gasteiger partial charge in [-0.25, -0.2) is 4.98 Å². The van der Waals surface area contributed by atoms with E-state index in [1.165, 1.54) is 12.8 Å². The predicted molar refractivity (Wildman–Crippen MR) is 126 cm³/mol. The number of pyridine rings is 1. The quantitative estimate of drug-likeness (QED) is 0.249. The standard InChI is InChI=1S/C20H31ClN4O3.HI/c1-22-20(24-10-14-27-19-18(21)6-4-9-23-19)25-11-7-16(8-12-25)28-15-17-5-2-3-13-26-17;/h4,6,9,16-17H,2-3,5,7-8,10-15H2,1H3,(H,22,24);1H. The predicted octanol–water partition coefficient (Wildman–Crippen LogP) is 3.36. The molecule has 2 aliphatic heterocycles. The van der Waals surface area contributed by atoms with Crippen LogP contribution in [0.1, 0.15) is 32.1 Å². The maximum atomic E-state index is 6.09. The number of rotatable bonds is 7. The minimum absolute atomic E-state index is 0. The fourth-order valence-corrected chi connectivity index (χ4v) is 3.71. The molecule has 0 amide bonds. The fourth-order valence-electron chi connectivity index (χ4n) is 3.54. The molecule has 0 saturated carbocycles. The second kappa shape index (κ2) is 13.5. The van der Waals surface area contributed by atoms with Crippen LogP contribution in [-0.2, 0) is 9.47 Å². The summed E-state index contributed by atoms with van der Waals surface area (Å²) in [6.07, 6.45) is 7.84. The molecule has 29 heavy (non-hydrogen) atoms. The fraction of sp³-hybridized carbons (Fsp3) is 0.700. The molecule has 0 radical (unpaired) electrons. The van der Waals surface area contributed by atoms with Gasteiger partial charge in [0.25, 0.3) is 0 Å². The molecule has 2 fully saturated rings. The van der Waals surface area contributed by atoms with E-state index in [9.17, 15) is 0 Å². The molecule has 9 heteroatoms. The third-order valence-electron chi connectivity index (χ3n) is 5.09. The summed E-state index contributed by atoms with van der Waals surface area (Å²) in [6, 6.07) is 3.55. The van der Waals surface area contributed by atoms with Gasteiger partial charge < -0.3 is 24.4 Å². The van der Waals surface area contributed by atoms with Crippen molar-refractivity contribution in [2.24, 2.45) is 4.99 Å². The number of nitrogens with one attached hydrogen (secondary N) is 1. The first-order valence-electron chi connectivity index (χ1n) is 10.2. The number of guanidine groups is 1. The van der Waals surface area contributed by atoms with E-state index in [-0.39, 0.29) is 30.1 Å². The van der Waals surface area contributed by atoms with Crippen LogP contribution in [0.15, 0.2) is 23.3 Å². The monoisotopic (exact) mass is 538 g/mol. The molecule has 164 valence electrons. The highest BCUT2D eigenvalue weighted by Gasteiger charge is 2.23. The highest BCUT2D eigenvalue weighted by Crippen LogP contribution is 2.20. The second-order valence-electron chi connectivity index (χ2n) is 7.12. The zero-order valence-electron chi connectivity index (χ0n) is 17.0. The minimum atomic E-state index is 0. The van der Waals surface area contributed by atoms with E-state index in [2.05, 4.69) is 20.2 Å². The first-order chi connectivity index (χ1) is 13.8. The van der Waals surface area contributed by atoms with Crippen LogP contribution in [-0.4, -0.2) is 74.6 Å². The summed E-state index contributed by atoms with van der Waals surface area (Å²) in [5.74, 6) is 1.35. The van der Waals surface area contributed by atoms with Crippen LogP contribution < -0.4 is 10.1 Å². The Labute approximate surface area is 195 Å². The van der Waals surface area contributed by atoms with E-state index < -0.39 is 0 Å². The van der Waals surface area contributed by atoms with E-state index in [4.69, 9.17) is 25.8 Å². The number of aromatic nitrogens is 1. The van der Waals surface area contributed by atoms with E-state index in [1.807, 2.05) is 7.05 Å². The van der Waals surface area contributed by atoms with Crippen molar-refractivity contribution >= 4 is 41.5 Å². The molecule has 2 aliphatic rings. The van der Waals surface area contributed by atoms with Gasteiger partial charge in [-0.05, 0) is 44.2 Å². The van der Waals surface area contributed by atoms with Gasteiger partial charge in [0.2, 0.25) is 5.88 Å². The van der Waals surface area contributed by atoms with Gasteiger partial charge in [0.1, 0.15) is 11.6 Å². The molecular formula is C20H32ClIN4O3. The van der Waals surface area contributed by atoms with Crippen molar-refractivity contribution < 1.29 is 14.2 Å². The summed E-state index contributed by atoms with van der Waals surface area (Å²) in [7, 11) is 1.81. The molecule has 1 N–H and O–H groups in total. The Bertz CT molecular complexity index is 623. The normalized spacial score (nSPS) is 20.8. The van der Waals surface area contributed by atoms with Crippen LogP contribution in [0.2, 0.25) is 5.02 Å². The van der Waals surface area contributed by atoms with Crippen LogP contribution in [0.4, 0.5) is 0 Å². The van der Waals surface area contributed by atoms with Crippen LogP contribution >= 0.6 is 35.6 Å². The lowest BCUT2D eigenvalue weighted by Gasteiger charge is -2.35. The van der Waals surface area contributed by atoms with Crippen molar-refractivity contribution in [3.63, 3.8) is 0 Å². The van der Waals surface area contributed by atoms with Crippen LogP contribution in [0.5, 0.6) is 5.88 Å². The Kier molecular flexibility index (Phi) is 11.3. The van der Waals surface area contributed by atoms with Crippen molar-refractivity contribution in [2.75, 3.05) is 46.5 Å². The van der Waals surface area contributed by atoms with E-state index in [1.54, 1.807) is 18.3 Å². The van der Waals surface area contributed by atoms with Crippen molar-refractivity contribution in [1.82, 2.24) is 15.2 Å². The lowest BCUT2D eigenvalue weighted by molar-refractivity contribution is -0.0721. The van der Waals surface area contributed by atoms with Gasteiger partial charge in [0.15, 0.2) is 5.96 Å². The lowest BCUT2D eigenvalue weighted by Crippen LogP contribution is -2.48. The van der Waals surface area contributed by atoms with Crippen molar-refractivity contribution in [3.8, 4) is 5.88 Å². The number of ether oxygens (including phenoxy) is 3. The molecule has 7 nitrogen and oxygen atoms in total. The number of nitrogens with zero attached hydrogens (tertiary/aromatic N) is 3. The molecule has 2 saturated heterocycles. The summed E-state index contributed by atoms with van der Waals surface area (Å²) in [6.45, 7) is 4.58. The third kappa shape index (κ3) is 8.07. The van der Waals surface area contributed by atoms with E-state index >= 15 is 0 Å². The Morgan fingerprint density at radius 1 is 1.34 bits per heavy atom. The summed E-state index contributed by atoms with van der Waals surface area (Å²) in [5, 5.41) is 3.87.